The van der Waals surface area contributed by atoms with Crippen LogP contribution in [-0.2, 0) is 4.79 Å². The van der Waals surface area contributed by atoms with Crippen LogP contribution in [0.3, 0.4) is 0 Å². The second-order valence-corrected chi connectivity index (χ2v) is 4.53. The van der Waals surface area contributed by atoms with E-state index in [1.54, 1.807) is 0 Å². The SMILES string of the molecule is CCCC1CC(C(=O)C(C)C)N(C)N1. The largest absolute Gasteiger partial charge is 0.298 e. The first-order valence-electron chi connectivity index (χ1n) is 5.59. The summed E-state index contributed by atoms with van der Waals surface area (Å²) in [7, 11) is 1.97. The van der Waals surface area contributed by atoms with Crippen LogP contribution in [0.4, 0.5) is 0 Å². The highest BCUT2D eigenvalue weighted by Gasteiger charge is 2.34. The number of likely N-dealkylation sites (N-methyl/N-ethyl adjacent to an activating group) is 1. The zero-order chi connectivity index (χ0) is 10.7. The molecule has 3 heteroatoms. The highest BCUT2D eigenvalue weighted by atomic mass is 16.1. The van der Waals surface area contributed by atoms with Crippen molar-refractivity contribution >= 4 is 5.78 Å². The molecule has 0 saturated carbocycles. The summed E-state index contributed by atoms with van der Waals surface area (Å²) in [5.41, 5.74) is 3.35. The first kappa shape index (κ1) is 11.7. The minimum Gasteiger partial charge on any atom is -0.298 e. The summed E-state index contributed by atoms with van der Waals surface area (Å²) in [5.74, 6) is 0.503. The summed E-state index contributed by atoms with van der Waals surface area (Å²) in [5, 5.41) is 1.99. The molecule has 1 heterocycles. The first-order chi connectivity index (χ1) is 6.56. The van der Waals surface area contributed by atoms with Crippen LogP contribution in [-0.4, -0.2) is 29.9 Å². The van der Waals surface area contributed by atoms with Crippen LogP contribution in [0.2, 0.25) is 0 Å². The van der Waals surface area contributed by atoms with Gasteiger partial charge in [-0.05, 0) is 12.8 Å². The zero-order valence-electron chi connectivity index (χ0n) is 9.71. The molecule has 0 spiro atoms. The third-order valence-electron chi connectivity index (χ3n) is 2.90. The van der Waals surface area contributed by atoms with Gasteiger partial charge in [-0.1, -0.05) is 27.2 Å². The van der Waals surface area contributed by atoms with Gasteiger partial charge in [-0.25, -0.2) is 5.01 Å². The maximum atomic E-state index is 11.8. The van der Waals surface area contributed by atoms with Crippen molar-refractivity contribution in [3.63, 3.8) is 0 Å². The topological polar surface area (TPSA) is 32.3 Å². The second-order valence-electron chi connectivity index (χ2n) is 4.53. The minimum absolute atomic E-state index is 0.0894. The molecule has 1 fully saturated rings. The van der Waals surface area contributed by atoms with Gasteiger partial charge in [0, 0.05) is 19.0 Å². The maximum Gasteiger partial charge on any atom is 0.153 e. The molecule has 0 amide bonds. The van der Waals surface area contributed by atoms with Crippen LogP contribution < -0.4 is 5.43 Å². The van der Waals surface area contributed by atoms with Crippen molar-refractivity contribution in [2.75, 3.05) is 7.05 Å². The van der Waals surface area contributed by atoms with Gasteiger partial charge in [0.25, 0.3) is 0 Å². The van der Waals surface area contributed by atoms with Crippen molar-refractivity contribution in [1.82, 2.24) is 10.4 Å². The lowest BCUT2D eigenvalue weighted by Crippen LogP contribution is -2.40. The third kappa shape index (κ3) is 2.55. The second kappa shape index (κ2) is 4.89. The molecule has 82 valence electrons. The molecular weight excluding hydrogens is 176 g/mol. The van der Waals surface area contributed by atoms with Crippen LogP contribution >= 0.6 is 0 Å². The molecule has 1 saturated heterocycles. The quantitative estimate of drug-likeness (QED) is 0.744. The van der Waals surface area contributed by atoms with E-state index in [4.69, 9.17) is 0 Å². The summed E-state index contributed by atoms with van der Waals surface area (Å²) in [6.45, 7) is 6.13. The van der Waals surface area contributed by atoms with Crippen molar-refractivity contribution in [2.24, 2.45) is 5.92 Å². The Balaban J connectivity index is 2.52. The molecule has 3 nitrogen and oxygen atoms in total. The lowest BCUT2D eigenvalue weighted by atomic mass is 9.96. The number of hydrogen-bond donors (Lipinski definition) is 1. The highest BCUT2D eigenvalue weighted by Crippen LogP contribution is 2.19. The fourth-order valence-electron chi connectivity index (χ4n) is 2.08. The van der Waals surface area contributed by atoms with Crippen LogP contribution in [0.5, 0.6) is 0 Å². The lowest BCUT2D eigenvalue weighted by molar-refractivity contribution is -0.126. The number of hydrazine groups is 1. The summed E-state index contributed by atoms with van der Waals surface area (Å²) >= 11 is 0. The molecule has 0 bridgehead atoms. The number of ketones is 1. The number of nitrogens with one attached hydrogen (secondary N) is 1. The molecule has 0 aromatic heterocycles. The molecular formula is C11H22N2O. The normalized spacial score (nSPS) is 28.6. The lowest BCUT2D eigenvalue weighted by Gasteiger charge is -2.19. The van der Waals surface area contributed by atoms with Crippen LogP contribution in [0, 0.1) is 5.92 Å². The molecule has 1 aliphatic rings. The van der Waals surface area contributed by atoms with Gasteiger partial charge in [0.05, 0.1) is 6.04 Å². The van der Waals surface area contributed by atoms with E-state index in [1.807, 2.05) is 25.9 Å². The summed E-state index contributed by atoms with van der Waals surface area (Å²) < 4.78 is 0. The fraction of sp³-hybridized carbons (Fsp3) is 0.909. The van der Waals surface area contributed by atoms with Gasteiger partial charge in [0.1, 0.15) is 0 Å². The van der Waals surface area contributed by atoms with E-state index in [-0.39, 0.29) is 12.0 Å². The Morgan fingerprint density at radius 3 is 2.71 bits per heavy atom. The number of Topliss-reactive ketones (excluding diaryl/α,β-unsaturated/α-hetero) is 1. The molecule has 1 rings (SSSR count). The maximum absolute atomic E-state index is 11.8. The fourth-order valence-corrected chi connectivity index (χ4v) is 2.08. The third-order valence-corrected chi connectivity index (χ3v) is 2.90. The zero-order valence-corrected chi connectivity index (χ0v) is 9.71. The Labute approximate surface area is 86.8 Å². The minimum atomic E-state index is 0.0894. The van der Waals surface area contributed by atoms with E-state index >= 15 is 0 Å². The van der Waals surface area contributed by atoms with E-state index in [1.165, 1.54) is 6.42 Å². The molecule has 0 aliphatic carbocycles. The average molecular weight is 198 g/mol. The van der Waals surface area contributed by atoms with Gasteiger partial charge in [-0.15, -0.1) is 0 Å². The summed E-state index contributed by atoms with van der Waals surface area (Å²) in [6, 6.07) is 0.587. The number of rotatable bonds is 4. The Morgan fingerprint density at radius 2 is 2.21 bits per heavy atom. The predicted molar refractivity (Wildman–Crippen MR) is 57.8 cm³/mol. The molecule has 1 aliphatic heterocycles. The predicted octanol–water partition coefficient (Wildman–Crippen LogP) is 1.59. The number of hydrogen-bond acceptors (Lipinski definition) is 3. The van der Waals surface area contributed by atoms with Crippen molar-refractivity contribution in [2.45, 2.75) is 52.1 Å². The van der Waals surface area contributed by atoms with Gasteiger partial charge in [0.15, 0.2) is 5.78 Å². The molecule has 2 unspecified atom stereocenters. The van der Waals surface area contributed by atoms with E-state index < -0.39 is 0 Å². The number of carbonyl (C=O) groups is 1. The van der Waals surface area contributed by atoms with Crippen LogP contribution in [0.1, 0.15) is 40.0 Å². The smallest absolute Gasteiger partial charge is 0.153 e. The van der Waals surface area contributed by atoms with Crippen LogP contribution in [0.25, 0.3) is 0 Å². The van der Waals surface area contributed by atoms with Crippen molar-refractivity contribution in [1.29, 1.82) is 0 Å². The van der Waals surface area contributed by atoms with Crippen molar-refractivity contribution in [3.05, 3.63) is 0 Å². The standard InChI is InChI=1S/C11H22N2O/c1-5-6-9-7-10(13(4)12-9)11(14)8(2)3/h8-10,12H,5-7H2,1-4H3. The Bertz CT molecular complexity index is 203. The summed E-state index contributed by atoms with van der Waals surface area (Å²) in [4.78, 5) is 11.8. The average Bonchev–Trinajstić information content (AvgIpc) is 2.46. The highest BCUT2D eigenvalue weighted by molar-refractivity contribution is 5.85. The Kier molecular flexibility index (Phi) is 4.08. The van der Waals surface area contributed by atoms with Gasteiger partial charge in [-0.2, -0.15) is 0 Å². The van der Waals surface area contributed by atoms with Gasteiger partial charge in [-0.3, -0.25) is 10.2 Å². The van der Waals surface area contributed by atoms with Gasteiger partial charge >= 0.3 is 0 Å². The molecule has 1 N–H and O–H groups in total. The number of carbonyl (C=O) groups excluding carboxylic acids is 1. The van der Waals surface area contributed by atoms with E-state index in [0.29, 0.717) is 11.8 Å². The molecule has 0 aromatic carbocycles. The first-order valence-corrected chi connectivity index (χ1v) is 5.59. The van der Waals surface area contributed by atoms with Crippen LogP contribution in [0.15, 0.2) is 0 Å². The Morgan fingerprint density at radius 1 is 1.57 bits per heavy atom. The van der Waals surface area contributed by atoms with E-state index in [0.717, 1.165) is 12.8 Å². The molecule has 14 heavy (non-hydrogen) atoms. The van der Waals surface area contributed by atoms with Gasteiger partial charge in [0.2, 0.25) is 0 Å². The monoisotopic (exact) mass is 198 g/mol. The van der Waals surface area contributed by atoms with Crippen molar-refractivity contribution in [3.8, 4) is 0 Å². The van der Waals surface area contributed by atoms with E-state index in [9.17, 15) is 4.79 Å². The molecule has 2 atom stereocenters. The molecule has 0 radical (unpaired) electrons. The molecule has 0 aromatic rings. The van der Waals surface area contributed by atoms with Gasteiger partial charge < -0.3 is 0 Å². The number of nitrogens with zero attached hydrogens (tertiary/aromatic N) is 1. The summed E-state index contributed by atoms with van der Waals surface area (Å²) in [6.07, 6.45) is 3.31. The van der Waals surface area contributed by atoms with Crippen molar-refractivity contribution < 1.29 is 4.79 Å². The van der Waals surface area contributed by atoms with E-state index in [2.05, 4.69) is 12.3 Å². The Hall–Kier alpha value is -0.410.